The van der Waals surface area contributed by atoms with Crippen LogP contribution in [0.2, 0.25) is 0 Å². The summed E-state index contributed by atoms with van der Waals surface area (Å²) in [6.45, 7) is 0. The van der Waals surface area contributed by atoms with Crippen molar-refractivity contribution in [3.8, 4) is 0 Å². The van der Waals surface area contributed by atoms with Gasteiger partial charge in [0.2, 0.25) is 0 Å². The SMILES string of the molecule is O=C(O)Cc1c(C(F)(F)F)ncc(C(F)F)c1Br. The number of hydrogen-bond donors (Lipinski definition) is 1. The van der Waals surface area contributed by atoms with Crippen LogP contribution < -0.4 is 0 Å². The van der Waals surface area contributed by atoms with E-state index in [2.05, 4.69) is 20.9 Å². The van der Waals surface area contributed by atoms with E-state index >= 15 is 0 Å². The summed E-state index contributed by atoms with van der Waals surface area (Å²) in [7, 11) is 0. The smallest absolute Gasteiger partial charge is 0.433 e. The highest BCUT2D eigenvalue weighted by molar-refractivity contribution is 9.10. The van der Waals surface area contributed by atoms with Gasteiger partial charge in [0.15, 0.2) is 0 Å². The maximum Gasteiger partial charge on any atom is 0.433 e. The predicted molar refractivity (Wildman–Crippen MR) is 53.2 cm³/mol. The molecule has 1 heterocycles. The molecule has 0 bridgehead atoms. The first-order valence-electron chi connectivity index (χ1n) is 4.39. The molecule has 0 aliphatic heterocycles. The van der Waals surface area contributed by atoms with Gasteiger partial charge in [-0.1, -0.05) is 0 Å². The van der Waals surface area contributed by atoms with Crippen molar-refractivity contribution >= 4 is 21.9 Å². The van der Waals surface area contributed by atoms with Crippen LogP contribution in [0.4, 0.5) is 22.0 Å². The first-order chi connectivity index (χ1) is 8.14. The van der Waals surface area contributed by atoms with Crippen LogP contribution in [0.3, 0.4) is 0 Å². The Bertz CT molecular complexity index is 475. The van der Waals surface area contributed by atoms with Crippen LogP contribution in [0.15, 0.2) is 10.7 Å². The van der Waals surface area contributed by atoms with Crippen molar-refractivity contribution in [2.24, 2.45) is 0 Å². The van der Waals surface area contributed by atoms with E-state index in [1.54, 1.807) is 0 Å². The third-order valence-corrected chi connectivity index (χ3v) is 2.91. The Morgan fingerprint density at radius 3 is 2.39 bits per heavy atom. The summed E-state index contributed by atoms with van der Waals surface area (Å²) in [5.41, 5.74) is -3.08. The topological polar surface area (TPSA) is 50.2 Å². The Balaban J connectivity index is 3.46. The minimum absolute atomic E-state index is 0.378. The van der Waals surface area contributed by atoms with Crippen molar-refractivity contribution in [3.05, 3.63) is 27.5 Å². The lowest BCUT2D eigenvalue weighted by molar-refractivity contribution is -0.142. The van der Waals surface area contributed by atoms with E-state index < -0.39 is 46.3 Å². The minimum Gasteiger partial charge on any atom is -0.481 e. The van der Waals surface area contributed by atoms with Gasteiger partial charge in [-0.05, 0) is 15.9 Å². The van der Waals surface area contributed by atoms with Crippen LogP contribution in [-0.4, -0.2) is 16.1 Å². The number of rotatable bonds is 3. The van der Waals surface area contributed by atoms with Crippen LogP contribution in [0.5, 0.6) is 0 Å². The fourth-order valence-corrected chi connectivity index (χ4v) is 1.86. The fourth-order valence-electron chi connectivity index (χ4n) is 1.26. The van der Waals surface area contributed by atoms with E-state index in [1.807, 2.05) is 0 Å². The number of aromatic nitrogens is 1. The zero-order valence-electron chi connectivity index (χ0n) is 8.43. The van der Waals surface area contributed by atoms with Gasteiger partial charge in [-0.2, -0.15) is 13.2 Å². The van der Waals surface area contributed by atoms with Gasteiger partial charge in [-0.25, -0.2) is 8.78 Å². The molecule has 18 heavy (non-hydrogen) atoms. The molecule has 1 N–H and O–H groups in total. The lowest BCUT2D eigenvalue weighted by Gasteiger charge is -2.14. The third kappa shape index (κ3) is 3.15. The summed E-state index contributed by atoms with van der Waals surface area (Å²) in [6.07, 6.45) is -8.64. The molecule has 0 atom stereocenters. The van der Waals surface area contributed by atoms with E-state index in [0.717, 1.165) is 0 Å². The Labute approximate surface area is 106 Å². The molecular weight excluding hydrogens is 329 g/mol. The molecule has 0 aliphatic carbocycles. The first-order valence-corrected chi connectivity index (χ1v) is 5.18. The Kier molecular flexibility index (Phi) is 4.25. The van der Waals surface area contributed by atoms with Crippen molar-refractivity contribution < 1.29 is 31.9 Å². The summed E-state index contributed by atoms with van der Waals surface area (Å²) >= 11 is 2.57. The quantitative estimate of drug-likeness (QED) is 0.862. The normalized spacial score (nSPS) is 11.9. The van der Waals surface area contributed by atoms with Crippen molar-refractivity contribution in [1.82, 2.24) is 4.98 Å². The van der Waals surface area contributed by atoms with Gasteiger partial charge >= 0.3 is 12.1 Å². The van der Waals surface area contributed by atoms with Gasteiger partial charge in [0, 0.05) is 16.2 Å². The minimum atomic E-state index is -4.91. The highest BCUT2D eigenvalue weighted by Crippen LogP contribution is 2.37. The second-order valence-electron chi connectivity index (χ2n) is 3.22. The molecule has 0 unspecified atom stereocenters. The summed E-state index contributed by atoms with van der Waals surface area (Å²) in [6, 6.07) is 0. The van der Waals surface area contributed by atoms with E-state index in [-0.39, 0.29) is 0 Å². The molecule has 1 aromatic rings. The van der Waals surface area contributed by atoms with Crippen LogP contribution >= 0.6 is 15.9 Å². The molecule has 3 nitrogen and oxygen atoms in total. The van der Waals surface area contributed by atoms with E-state index in [4.69, 9.17) is 5.11 Å². The van der Waals surface area contributed by atoms with Gasteiger partial charge in [0.25, 0.3) is 6.43 Å². The molecule has 0 spiro atoms. The lowest BCUT2D eigenvalue weighted by atomic mass is 10.1. The van der Waals surface area contributed by atoms with Gasteiger partial charge in [0.05, 0.1) is 12.0 Å². The number of nitrogens with zero attached hydrogens (tertiary/aromatic N) is 1. The first kappa shape index (κ1) is 14.8. The van der Waals surface area contributed by atoms with Gasteiger partial charge in [0.1, 0.15) is 5.69 Å². The number of alkyl halides is 5. The molecule has 9 heteroatoms. The maximum atomic E-state index is 12.5. The zero-order valence-corrected chi connectivity index (χ0v) is 10.0. The summed E-state index contributed by atoms with van der Waals surface area (Å²) in [5.74, 6) is -1.57. The second kappa shape index (κ2) is 5.17. The highest BCUT2D eigenvalue weighted by Gasteiger charge is 2.37. The van der Waals surface area contributed by atoms with Crippen molar-refractivity contribution in [3.63, 3.8) is 0 Å². The van der Waals surface area contributed by atoms with E-state index in [0.29, 0.717) is 6.20 Å². The molecule has 0 amide bonds. The van der Waals surface area contributed by atoms with Crippen molar-refractivity contribution in [1.29, 1.82) is 0 Å². The molecule has 0 aromatic carbocycles. The predicted octanol–water partition coefficient (Wildman–Crippen LogP) is 3.43. The monoisotopic (exact) mass is 333 g/mol. The molecule has 0 saturated carbocycles. The molecule has 0 saturated heterocycles. The largest absolute Gasteiger partial charge is 0.481 e. The molecule has 1 rings (SSSR count). The molecule has 100 valence electrons. The zero-order chi connectivity index (χ0) is 14.1. The van der Waals surface area contributed by atoms with Gasteiger partial charge in [-0.3, -0.25) is 9.78 Å². The van der Waals surface area contributed by atoms with Crippen molar-refractivity contribution in [2.75, 3.05) is 0 Å². The molecule has 0 radical (unpaired) electrons. The number of pyridine rings is 1. The average Bonchev–Trinajstić information content (AvgIpc) is 2.17. The summed E-state index contributed by atoms with van der Waals surface area (Å²) in [5, 5.41) is 8.51. The standard InChI is InChI=1S/C9H5BrF5NO2/c10-6-3(1-5(17)18)7(9(13,14)15)16-2-4(6)8(11)12/h2,8H,1H2,(H,17,18). The van der Waals surface area contributed by atoms with Crippen LogP contribution in [0.1, 0.15) is 23.2 Å². The third-order valence-electron chi connectivity index (χ3n) is 1.97. The molecule has 1 aromatic heterocycles. The fraction of sp³-hybridized carbons (Fsp3) is 0.333. The van der Waals surface area contributed by atoms with Crippen LogP contribution in [0.25, 0.3) is 0 Å². The highest BCUT2D eigenvalue weighted by atomic mass is 79.9. The summed E-state index contributed by atoms with van der Waals surface area (Å²) < 4.78 is 62.0. The molecule has 0 aliphatic rings. The molecular formula is C9H5BrF5NO2. The number of carboxylic acid groups (broad SMARTS) is 1. The number of hydrogen-bond acceptors (Lipinski definition) is 2. The van der Waals surface area contributed by atoms with Gasteiger partial charge in [-0.15, -0.1) is 0 Å². The summed E-state index contributed by atoms with van der Waals surface area (Å²) in [4.78, 5) is 13.4. The van der Waals surface area contributed by atoms with E-state index in [9.17, 15) is 26.7 Å². The number of carbonyl (C=O) groups is 1. The number of aliphatic carboxylic acids is 1. The van der Waals surface area contributed by atoms with Crippen LogP contribution in [0, 0.1) is 0 Å². The Hall–Kier alpha value is -1.25. The lowest BCUT2D eigenvalue weighted by Crippen LogP contribution is -2.16. The maximum absolute atomic E-state index is 12.5. The Morgan fingerprint density at radius 2 is 2.00 bits per heavy atom. The Morgan fingerprint density at radius 1 is 1.44 bits per heavy atom. The number of halogens is 6. The molecule has 0 fully saturated rings. The number of carboxylic acids is 1. The van der Waals surface area contributed by atoms with Crippen LogP contribution in [-0.2, 0) is 17.4 Å². The second-order valence-corrected chi connectivity index (χ2v) is 4.02. The average molecular weight is 334 g/mol. The van der Waals surface area contributed by atoms with Gasteiger partial charge < -0.3 is 5.11 Å². The van der Waals surface area contributed by atoms with Crippen molar-refractivity contribution in [2.45, 2.75) is 19.0 Å². The van der Waals surface area contributed by atoms with E-state index in [1.165, 1.54) is 0 Å².